The number of non-ortho nitro benzene ring substituents is 1. The van der Waals surface area contributed by atoms with E-state index in [1.165, 1.54) is 37.3 Å². The second kappa shape index (κ2) is 8.15. The van der Waals surface area contributed by atoms with Crippen LogP contribution in [-0.2, 0) is 9.84 Å². The molecule has 10 heteroatoms. The quantitative estimate of drug-likeness (QED) is 0.486. The largest absolute Gasteiger partial charge is 0.322 e. The van der Waals surface area contributed by atoms with E-state index >= 15 is 0 Å². The number of hydrogen-bond donors (Lipinski definition) is 1. The summed E-state index contributed by atoms with van der Waals surface area (Å²) >= 11 is 0. The molecule has 1 aromatic heterocycles. The third-order valence-corrected chi connectivity index (χ3v) is 5.73. The summed E-state index contributed by atoms with van der Waals surface area (Å²) in [5.74, 6) is -0.453. The Kier molecular flexibility index (Phi) is 5.64. The number of sulfone groups is 1. The average Bonchev–Trinajstić information content (AvgIpc) is 2.74. The number of nitrogens with zero attached hydrogens (tertiary/aromatic N) is 3. The molecule has 1 heterocycles. The lowest BCUT2D eigenvalue weighted by Crippen LogP contribution is -2.11. The molecule has 0 fully saturated rings. The van der Waals surface area contributed by atoms with Gasteiger partial charge in [0.05, 0.1) is 16.4 Å². The maximum atomic E-state index is 12.2. The predicted octanol–water partition coefficient (Wildman–Crippen LogP) is 3.10. The number of benzene rings is 2. The Labute approximate surface area is 166 Å². The van der Waals surface area contributed by atoms with Crippen LogP contribution in [0.25, 0.3) is 11.3 Å². The number of carbonyl (C=O) groups is 1. The van der Waals surface area contributed by atoms with Gasteiger partial charge >= 0.3 is 0 Å². The number of nitro benzene ring substituents is 1. The summed E-state index contributed by atoms with van der Waals surface area (Å²) < 4.78 is 23.6. The van der Waals surface area contributed by atoms with Gasteiger partial charge in [-0.25, -0.2) is 8.42 Å². The first-order chi connectivity index (χ1) is 13.8. The van der Waals surface area contributed by atoms with Crippen molar-refractivity contribution in [3.05, 3.63) is 76.3 Å². The van der Waals surface area contributed by atoms with Crippen molar-refractivity contribution in [3.8, 4) is 11.3 Å². The molecule has 0 saturated carbocycles. The van der Waals surface area contributed by atoms with Crippen LogP contribution in [0.5, 0.6) is 0 Å². The Bertz CT molecular complexity index is 1140. The third-order valence-electron chi connectivity index (χ3n) is 4.12. The van der Waals surface area contributed by atoms with Crippen molar-refractivity contribution in [1.82, 2.24) is 10.2 Å². The van der Waals surface area contributed by atoms with Gasteiger partial charge in [-0.05, 0) is 36.4 Å². The zero-order chi connectivity index (χ0) is 21.0. The van der Waals surface area contributed by atoms with Crippen LogP contribution in [0.15, 0.2) is 65.7 Å². The minimum atomic E-state index is -3.41. The van der Waals surface area contributed by atoms with Crippen molar-refractivity contribution in [2.75, 3.05) is 11.1 Å². The summed E-state index contributed by atoms with van der Waals surface area (Å²) in [6.07, 6.45) is 0. The van der Waals surface area contributed by atoms with Gasteiger partial charge in [0.1, 0.15) is 0 Å². The SMILES string of the molecule is CCS(=O)(=O)c1ccc(-c2ccc(NC(=O)c3ccc([N+](=O)[O-])cc3)cc2)nn1. The van der Waals surface area contributed by atoms with Gasteiger partial charge in [-0.1, -0.05) is 19.1 Å². The highest BCUT2D eigenvalue weighted by Gasteiger charge is 2.14. The minimum Gasteiger partial charge on any atom is -0.322 e. The lowest BCUT2D eigenvalue weighted by molar-refractivity contribution is -0.384. The summed E-state index contributed by atoms with van der Waals surface area (Å²) in [4.78, 5) is 22.4. The third kappa shape index (κ3) is 4.61. The van der Waals surface area contributed by atoms with Crippen molar-refractivity contribution >= 4 is 27.1 Å². The summed E-state index contributed by atoms with van der Waals surface area (Å²) in [5.41, 5.74) is 1.91. The summed E-state index contributed by atoms with van der Waals surface area (Å²) in [5, 5.41) is 21.0. The molecule has 1 N–H and O–H groups in total. The molecular formula is C19H16N4O5S. The van der Waals surface area contributed by atoms with E-state index in [4.69, 9.17) is 0 Å². The van der Waals surface area contributed by atoms with Gasteiger partial charge < -0.3 is 5.32 Å². The van der Waals surface area contributed by atoms with Crippen LogP contribution in [0.2, 0.25) is 0 Å². The van der Waals surface area contributed by atoms with E-state index in [2.05, 4.69) is 15.5 Å². The number of anilines is 1. The van der Waals surface area contributed by atoms with Crippen LogP contribution >= 0.6 is 0 Å². The maximum absolute atomic E-state index is 12.2. The second-order valence-electron chi connectivity index (χ2n) is 6.00. The molecule has 0 radical (unpaired) electrons. The van der Waals surface area contributed by atoms with E-state index < -0.39 is 20.7 Å². The van der Waals surface area contributed by atoms with Crippen LogP contribution in [0, 0.1) is 10.1 Å². The van der Waals surface area contributed by atoms with E-state index in [9.17, 15) is 23.3 Å². The van der Waals surface area contributed by atoms with Gasteiger partial charge in [-0.2, -0.15) is 0 Å². The molecule has 2 aromatic carbocycles. The zero-order valence-electron chi connectivity index (χ0n) is 15.3. The average molecular weight is 412 g/mol. The standard InChI is InChI=1S/C19H16N4O5S/c1-2-29(27,28)18-12-11-17(21-22-18)13-3-7-15(8-4-13)20-19(24)14-5-9-16(10-6-14)23(25)26/h3-12H,2H2,1H3,(H,20,24). The first kappa shape index (κ1) is 20.1. The Balaban J connectivity index is 1.71. The zero-order valence-corrected chi connectivity index (χ0v) is 16.1. The van der Waals surface area contributed by atoms with Crippen molar-refractivity contribution in [1.29, 1.82) is 0 Å². The highest BCUT2D eigenvalue weighted by Crippen LogP contribution is 2.21. The highest BCUT2D eigenvalue weighted by molar-refractivity contribution is 7.91. The summed E-state index contributed by atoms with van der Waals surface area (Å²) in [6, 6.07) is 15.0. The van der Waals surface area contributed by atoms with Gasteiger partial charge in [0.15, 0.2) is 14.9 Å². The molecule has 0 aliphatic carbocycles. The van der Waals surface area contributed by atoms with Crippen molar-refractivity contribution in [3.63, 3.8) is 0 Å². The van der Waals surface area contributed by atoms with Gasteiger partial charge in [-0.15, -0.1) is 10.2 Å². The van der Waals surface area contributed by atoms with Gasteiger partial charge in [0.25, 0.3) is 11.6 Å². The number of carbonyl (C=O) groups excluding carboxylic acids is 1. The molecule has 3 rings (SSSR count). The van der Waals surface area contributed by atoms with Crippen molar-refractivity contribution in [2.45, 2.75) is 11.9 Å². The first-order valence-electron chi connectivity index (χ1n) is 8.53. The van der Waals surface area contributed by atoms with E-state index in [0.29, 0.717) is 22.5 Å². The fourth-order valence-corrected chi connectivity index (χ4v) is 3.19. The predicted molar refractivity (Wildman–Crippen MR) is 106 cm³/mol. The number of aromatic nitrogens is 2. The molecule has 0 saturated heterocycles. The number of rotatable bonds is 6. The molecule has 9 nitrogen and oxygen atoms in total. The Morgan fingerprint density at radius 3 is 2.17 bits per heavy atom. The molecule has 0 atom stereocenters. The van der Waals surface area contributed by atoms with Crippen LogP contribution in [0.3, 0.4) is 0 Å². The van der Waals surface area contributed by atoms with Crippen LogP contribution < -0.4 is 5.32 Å². The molecular weight excluding hydrogens is 396 g/mol. The van der Waals surface area contributed by atoms with E-state index in [1.54, 1.807) is 30.3 Å². The molecule has 29 heavy (non-hydrogen) atoms. The Hall–Kier alpha value is -3.66. The molecule has 0 unspecified atom stereocenters. The maximum Gasteiger partial charge on any atom is 0.269 e. The van der Waals surface area contributed by atoms with E-state index in [0.717, 1.165) is 0 Å². The van der Waals surface area contributed by atoms with Gasteiger partial charge in [0, 0.05) is 28.9 Å². The number of nitro groups is 1. The lowest BCUT2D eigenvalue weighted by Gasteiger charge is -2.07. The van der Waals surface area contributed by atoms with E-state index in [1.807, 2.05) is 0 Å². The van der Waals surface area contributed by atoms with Crippen molar-refractivity contribution in [2.24, 2.45) is 0 Å². The van der Waals surface area contributed by atoms with Gasteiger partial charge in [0.2, 0.25) is 0 Å². The van der Waals surface area contributed by atoms with Gasteiger partial charge in [-0.3, -0.25) is 14.9 Å². The monoisotopic (exact) mass is 412 g/mol. The topological polar surface area (TPSA) is 132 Å². The fourth-order valence-electron chi connectivity index (χ4n) is 2.45. The normalized spacial score (nSPS) is 11.1. The smallest absolute Gasteiger partial charge is 0.269 e. The molecule has 3 aromatic rings. The number of amides is 1. The minimum absolute atomic E-state index is 0.0514. The second-order valence-corrected chi connectivity index (χ2v) is 8.22. The molecule has 0 aliphatic rings. The number of nitrogens with one attached hydrogen (secondary N) is 1. The molecule has 1 amide bonds. The fraction of sp³-hybridized carbons (Fsp3) is 0.105. The first-order valence-corrected chi connectivity index (χ1v) is 10.2. The summed E-state index contributed by atoms with van der Waals surface area (Å²) in [7, 11) is -3.41. The molecule has 0 aliphatic heterocycles. The lowest BCUT2D eigenvalue weighted by atomic mass is 10.1. The Morgan fingerprint density at radius 1 is 1.00 bits per heavy atom. The van der Waals surface area contributed by atoms with Crippen LogP contribution in [-0.4, -0.2) is 35.2 Å². The molecule has 148 valence electrons. The van der Waals surface area contributed by atoms with Crippen LogP contribution in [0.4, 0.5) is 11.4 Å². The van der Waals surface area contributed by atoms with Crippen molar-refractivity contribution < 1.29 is 18.1 Å². The summed E-state index contributed by atoms with van der Waals surface area (Å²) in [6.45, 7) is 1.54. The van der Waals surface area contributed by atoms with E-state index in [-0.39, 0.29) is 16.5 Å². The highest BCUT2D eigenvalue weighted by atomic mass is 32.2. The number of hydrogen-bond acceptors (Lipinski definition) is 7. The van der Waals surface area contributed by atoms with Crippen LogP contribution in [0.1, 0.15) is 17.3 Å². The Morgan fingerprint density at radius 2 is 1.66 bits per heavy atom. The molecule has 0 bridgehead atoms. The molecule has 0 spiro atoms.